The number of hydrogen-bond donors (Lipinski definition) is 2. The van der Waals surface area contributed by atoms with Gasteiger partial charge < -0.3 is 15.2 Å². The molecule has 0 unspecified atom stereocenters. The lowest BCUT2D eigenvalue weighted by Gasteiger charge is -2.27. The molecular formula is C18H21N3O4. The molecule has 0 bridgehead atoms. The van der Waals surface area contributed by atoms with Gasteiger partial charge in [0.25, 0.3) is 11.5 Å². The summed E-state index contributed by atoms with van der Waals surface area (Å²) in [6, 6.07) is 3.16. The van der Waals surface area contributed by atoms with Crippen LogP contribution in [0, 0.1) is 5.92 Å². The molecule has 2 heterocycles. The van der Waals surface area contributed by atoms with Crippen LogP contribution in [-0.2, 0) is 11.3 Å². The van der Waals surface area contributed by atoms with Gasteiger partial charge in [0.1, 0.15) is 23.2 Å². The van der Waals surface area contributed by atoms with Crippen LogP contribution in [0.4, 0.5) is 0 Å². The third-order valence-electron chi connectivity index (χ3n) is 4.83. The molecule has 2 aromatic heterocycles. The molecule has 1 aliphatic carbocycles. The second-order valence-electron chi connectivity index (χ2n) is 6.61. The van der Waals surface area contributed by atoms with Gasteiger partial charge in [-0.2, -0.15) is 0 Å². The van der Waals surface area contributed by atoms with Crippen molar-refractivity contribution >= 4 is 23.2 Å². The van der Waals surface area contributed by atoms with Crippen molar-refractivity contribution in [1.82, 2.24) is 14.9 Å². The van der Waals surface area contributed by atoms with E-state index < -0.39 is 17.2 Å². The molecule has 0 spiro atoms. The Hall–Kier alpha value is -2.70. The summed E-state index contributed by atoms with van der Waals surface area (Å²) >= 11 is 0. The number of amides is 1. The fraction of sp³-hybridized carbons (Fsp3) is 0.444. The van der Waals surface area contributed by atoms with Gasteiger partial charge in [-0.1, -0.05) is 6.92 Å². The predicted molar refractivity (Wildman–Crippen MR) is 92.6 cm³/mol. The molecule has 0 saturated heterocycles. The standard InChI is InChI=1S/C18H21N3O4/c1-11-4-6-12(7-5-11)20-17(24)14-15(23)13-3-2-8-19-16(13)21(9-10-22)18(14)25/h2-3,8,10-12,23H,4-7,9H2,1H3,(H,20,24). The molecule has 25 heavy (non-hydrogen) atoms. The number of nitrogens with zero attached hydrogens (tertiary/aromatic N) is 2. The highest BCUT2D eigenvalue weighted by atomic mass is 16.3. The summed E-state index contributed by atoms with van der Waals surface area (Å²) in [4.78, 5) is 40.3. The zero-order valence-electron chi connectivity index (χ0n) is 14.1. The lowest BCUT2D eigenvalue weighted by Crippen LogP contribution is -2.40. The normalized spacial score (nSPS) is 20.4. The maximum absolute atomic E-state index is 12.7. The zero-order valence-corrected chi connectivity index (χ0v) is 14.1. The number of hydrogen-bond acceptors (Lipinski definition) is 5. The maximum Gasteiger partial charge on any atom is 0.269 e. The van der Waals surface area contributed by atoms with Gasteiger partial charge in [0.15, 0.2) is 0 Å². The number of rotatable bonds is 4. The summed E-state index contributed by atoms with van der Waals surface area (Å²) in [6.07, 6.45) is 5.78. The number of carbonyl (C=O) groups is 2. The first-order valence-corrected chi connectivity index (χ1v) is 8.48. The maximum atomic E-state index is 12.7. The second kappa shape index (κ2) is 7.04. The molecule has 0 aliphatic heterocycles. The van der Waals surface area contributed by atoms with Crippen LogP contribution >= 0.6 is 0 Å². The van der Waals surface area contributed by atoms with E-state index in [1.807, 2.05) is 0 Å². The summed E-state index contributed by atoms with van der Waals surface area (Å²) in [5, 5.41) is 13.6. The third kappa shape index (κ3) is 3.26. The van der Waals surface area contributed by atoms with E-state index in [0.717, 1.165) is 30.3 Å². The van der Waals surface area contributed by atoms with Crippen molar-refractivity contribution in [2.45, 2.75) is 45.2 Å². The largest absolute Gasteiger partial charge is 0.506 e. The summed E-state index contributed by atoms with van der Waals surface area (Å²) in [5.41, 5.74) is -0.862. The average molecular weight is 343 g/mol. The Balaban J connectivity index is 2.01. The Morgan fingerprint density at radius 2 is 2.12 bits per heavy atom. The number of pyridine rings is 2. The van der Waals surface area contributed by atoms with Gasteiger partial charge in [-0.25, -0.2) is 4.98 Å². The smallest absolute Gasteiger partial charge is 0.269 e. The number of aromatic hydroxyl groups is 1. The highest BCUT2D eigenvalue weighted by molar-refractivity contribution is 6.01. The van der Waals surface area contributed by atoms with E-state index in [9.17, 15) is 19.5 Å². The van der Waals surface area contributed by atoms with E-state index in [1.165, 1.54) is 6.20 Å². The van der Waals surface area contributed by atoms with Gasteiger partial charge in [-0.3, -0.25) is 14.2 Å². The lowest BCUT2D eigenvalue weighted by atomic mass is 9.87. The molecule has 7 heteroatoms. The number of aromatic nitrogens is 2. The molecule has 2 aromatic rings. The minimum atomic E-state index is -0.711. The van der Waals surface area contributed by atoms with Gasteiger partial charge in [0.2, 0.25) is 0 Å². The molecule has 2 N–H and O–H groups in total. The quantitative estimate of drug-likeness (QED) is 0.821. The Bertz CT molecular complexity index is 866. The molecular weight excluding hydrogens is 322 g/mol. The van der Waals surface area contributed by atoms with Crippen LogP contribution in [0.3, 0.4) is 0 Å². The average Bonchev–Trinajstić information content (AvgIpc) is 2.61. The highest BCUT2D eigenvalue weighted by Crippen LogP contribution is 2.26. The number of fused-ring (bicyclic) bond motifs is 1. The van der Waals surface area contributed by atoms with Crippen molar-refractivity contribution in [2.75, 3.05) is 0 Å². The SMILES string of the molecule is CC1CCC(NC(=O)c2c(O)c3cccnc3n(CC=O)c2=O)CC1. The van der Waals surface area contributed by atoms with Crippen molar-refractivity contribution in [3.63, 3.8) is 0 Å². The summed E-state index contributed by atoms with van der Waals surface area (Å²) in [5.74, 6) is -0.359. The van der Waals surface area contributed by atoms with Gasteiger partial charge >= 0.3 is 0 Å². The topological polar surface area (TPSA) is 101 Å². The third-order valence-corrected chi connectivity index (χ3v) is 4.83. The fourth-order valence-electron chi connectivity index (χ4n) is 3.37. The summed E-state index contributed by atoms with van der Waals surface area (Å²) < 4.78 is 1.11. The lowest BCUT2D eigenvalue weighted by molar-refractivity contribution is -0.108. The Morgan fingerprint density at radius 3 is 2.80 bits per heavy atom. The van der Waals surface area contributed by atoms with Crippen molar-refractivity contribution < 1.29 is 14.7 Å². The minimum Gasteiger partial charge on any atom is -0.506 e. The zero-order chi connectivity index (χ0) is 18.0. The van der Waals surface area contributed by atoms with Crippen molar-refractivity contribution in [3.05, 3.63) is 34.2 Å². The first-order chi connectivity index (χ1) is 12.0. The van der Waals surface area contributed by atoms with Crippen LogP contribution in [0.25, 0.3) is 11.0 Å². The molecule has 1 fully saturated rings. The molecule has 1 aliphatic rings. The Morgan fingerprint density at radius 1 is 1.40 bits per heavy atom. The van der Waals surface area contributed by atoms with Crippen LogP contribution < -0.4 is 10.9 Å². The van der Waals surface area contributed by atoms with Gasteiger partial charge in [0.05, 0.1) is 11.9 Å². The van der Waals surface area contributed by atoms with Crippen molar-refractivity contribution in [1.29, 1.82) is 0 Å². The van der Waals surface area contributed by atoms with Crippen molar-refractivity contribution in [2.24, 2.45) is 5.92 Å². The Kier molecular flexibility index (Phi) is 4.83. The number of nitrogens with one attached hydrogen (secondary N) is 1. The van der Waals surface area contributed by atoms with E-state index in [0.29, 0.717) is 12.2 Å². The molecule has 0 atom stereocenters. The summed E-state index contributed by atoms with van der Waals surface area (Å²) in [7, 11) is 0. The molecule has 1 saturated carbocycles. The van der Waals surface area contributed by atoms with E-state index in [1.54, 1.807) is 12.1 Å². The van der Waals surface area contributed by atoms with Gasteiger partial charge in [-0.05, 0) is 43.7 Å². The second-order valence-corrected chi connectivity index (χ2v) is 6.61. The summed E-state index contributed by atoms with van der Waals surface area (Å²) in [6.45, 7) is 1.95. The van der Waals surface area contributed by atoms with E-state index in [4.69, 9.17) is 0 Å². The minimum absolute atomic E-state index is 0.00776. The fourth-order valence-corrected chi connectivity index (χ4v) is 3.37. The first kappa shape index (κ1) is 17.1. The number of aldehydes is 1. The molecule has 3 rings (SSSR count). The molecule has 0 radical (unpaired) electrons. The molecule has 1 amide bonds. The molecule has 0 aromatic carbocycles. The van der Waals surface area contributed by atoms with Crippen LogP contribution in [0.2, 0.25) is 0 Å². The van der Waals surface area contributed by atoms with Crippen LogP contribution in [-0.4, -0.2) is 32.9 Å². The van der Waals surface area contributed by atoms with Gasteiger partial charge in [-0.15, -0.1) is 0 Å². The van der Waals surface area contributed by atoms with E-state index in [2.05, 4.69) is 17.2 Å². The Labute approximate surface area is 144 Å². The monoisotopic (exact) mass is 343 g/mol. The van der Waals surface area contributed by atoms with Crippen molar-refractivity contribution in [3.8, 4) is 5.75 Å². The van der Waals surface area contributed by atoms with Crippen LogP contribution in [0.15, 0.2) is 23.1 Å². The molecule has 132 valence electrons. The van der Waals surface area contributed by atoms with E-state index >= 15 is 0 Å². The first-order valence-electron chi connectivity index (χ1n) is 8.48. The molecule has 7 nitrogen and oxygen atoms in total. The predicted octanol–water partition coefficient (Wildman–Crippen LogP) is 1.61. The van der Waals surface area contributed by atoms with Crippen LogP contribution in [0.1, 0.15) is 43.0 Å². The van der Waals surface area contributed by atoms with Gasteiger partial charge in [0, 0.05) is 12.2 Å². The van der Waals surface area contributed by atoms with Crippen LogP contribution in [0.5, 0.6) is 5.75 Å². The highest BCUT2D eigenvalue weighted by Gasteiger charge is 2.26. The number of carbonyl (C=O) groups excluding carboxylic acids is 2. The van der Waals surface area contributed by atoms with E-state index in [-0.39, 0.29) is 29.2 Å².